The van der Waals surface area contributed by atoms with Crippen molar-refractivity contribution in [3.63, 3.8) is 0 Å². The van der Waals surface area contributed by atoms with Gasteiger partial charge in [-0.1, -0.05) is 75.8 Å². The number of unbranched alkanes of at least 4 members (excludes halogenated alkanes) is 1. The van der Waals surface area contributed by atoms with Crippen LogP contribution >= 0.6 is 55.1 Å². The minimum atomic E-state index is -1.55. The summed E-state index contributed by atoms with van der Waals surface area (Å²) in [6.07, 6.45) is 4.83. The first-order valence-corrected chi connectivity index (χ1v) is 17.6. The van der Waals surface area contributed by atoms with E-state index in [1.165, 1.54) is 52.7 Å². The minimum Gasteiger partial charge on any atom is -0.454 e. The molecule has 4 aliphatic rings. The molecule has 7 rings (SSSR count). The van der Waals surface area contributed by atoms with Gasteiger partial charge in [0.1, 0.15) is 0 Å². The smallest absolute Gasteiger partial charge is 0.454 e. The van der Waals surface area contributed by atoms with Crippen molar-refractivity contribution in [2.75, 3.05) is 54.9 Å². The molecule has 12 nitrogen and oxygen atoms in total. The molecule has 2 N–H and O–H groups in total. The minimum absolute atomic E-state index is 0. The zero-order chi connectivity index (χ0) is 36.9. The van der Waals surface area contributed by atoms with Crippen LogP contribution < -0.4 is 52.7 Å². The maximum Gasteiger partial charge on any atom is 1.00 e. The Kier molecular flexibility index (Phi) is 28.0. The Balaban J connectivity index is 0.000000620. The van der Waals surface area contributed by atoms with E-state index in [-0.39, 0.29) is 45.3 Å². The fourth-order valence-electron chi connectivity index (χ4n) is 3.74. The van der Waals surface area contributed by atoms with Gasteiger partial charge in [-0.25, -0.2) is 0 Å². The summed E-state index contributed by atoms with van der Waals surface area (Å²) in [5, 5.41) is 18.7. The molecular weight excluding hydrogens is 848 g/mol. The monoisotopic (exact) mass is 890 g/mol. The molecule has 52 heavy (non-hydrogen) atoms. The molecule has 0 amide bonds. The van der Waals surface area contributed by atoms with Gasteiger partial charge in [-0.15, -0.1) is 0 Å². The predicted octanol–water partition coefficient (Wildman–Crippen LogP) is 4.73. The summed E-state index contributed by atoms with van der Waals surface area (Å²) in [5.41, 5.74) is 0.286. The number of hydrogen-bond acceptors (Lipinski definition) is 12. The molecule has 284 valence electrons. The van der Waals surface area contributed by atoms with E-state index < -0.39 is 14.4 Å². The number of hydrogen-bond donors (Lipinski definition) is 2. The largest absolute Gasteiger partial charge is 1.00 e. The Labute approximate surface area is 346 Å². The molecule has 0 spiro atoms. The van der Waals surface area contributed by atoms with Crippen LogP contribution in [0.5, 0.6) is 34.5 Å². The van der Waals surface area contributed by atoms with E-state index in [1.807, 2.05) is 24.3 Å². The summed E-state index contributed by atoms with van der Waals surface area (Å²) in [6, 6.07) is 12.2. The van der Waals surface area contributed by atoms with Crippen molar-refractivity contribution in [2.24, 2.45) is 0 Å². The van der Waals surface area contributed by atoms with Gasteiger partial charge in [-0.2, -0.15) is 6.42 Å². The van der Waals surface area contributed by atoms with E-state index in [0.29, 0.717) is 39.8 Å². The van der Waals surface area contributed by atoms with Crippen LogP contribution in [0.25, 0.3) is 0 Å². The first kappa shape index (κ1) is 50.5. The van der Waals surface area contributed by atoms with E-state index in [1.54, 1.807) is 6.07 Å². The third-order valence-corrected chi connectivity index (χ3v) is 7.75. The average molecular weight is 893 g/mol. The summed E-state index contributed by atoms with van der Waals surface area (Å²) in [6.45, 7) is 8.43. The van der Waals surface area contributed by atoms with Crippen molar-refractivity contribution >= 4 is 75.0 Å². The number of rotatable bonds is 5. The van der Waals surface area contributed by atoms with Gasteiger partial charge < -0.3 is 64.1 Å². The summed E-state index contributed by atoms with van der Waals surface area (Å²) in [5.74, 6) is 3.86. The Morgan fingerprint density at radius 1 is 0.712 bits per heavy atom. The number of halogens is 4. The van der Waals surface area contributed by atoms with Crippen LogP contribution in [0.3, 0.4) is 0 Å². The van der Waals surface area contributed by atoms with E-state index in [2.05, 4.69) is 59.7 Å². The molecule has 3 aromatic carbocycles. The zero-order valence-electron chi connectivity index (χ0n) is 29.3. The van der Waals surface area contributed by atoms with Crippen molar-refractivity contribution in [1.82, 2.24) is 0 Å². The molecule has 0 atom stereocenters. The summed E-state index contributed by atoms with van der Waals surface area (Å²) < 4.78 is 51.2. The molecule has 0 aliphatic carbocycles. The third-order valence-electron chi connectivity index (χ3n) is 6.23. The van der Waals surface area contributed by atoms with Crippen LogP contribution in [0.4, 0.5) is 0 Å². The second-order valence-electron chi connectivity index (χ2n) is 9.90. The van der Waals surface area contributed by atoms with Crippen LogP contribution in [-0.2, 0) is 18.7 Å². The van der Waals surface area contributed by atoms with Gasteiger partial charge >= 0.3 is 33.3 Å². The fourth-order valence-corrected chi connectivity index (χ4v) is 5.19. The second kappa shape index (κ2) is 28.9. The number of fused-ring (bicyclic) bond motifs is 3. The summed E-state index contributed by atoms with van der Waals surface area (Å²) in [7, 11) is 2.47. The molecule has 1 saturated heterocycles. The predicted molar refractivity (Wildman–Crippen MR) is 207 cm³/mol. The molecule has 0 aromatic heterocycles. The van der Waals surface area contributed by atoms with Crippen molar-refractivity contribution in [3.05, 3.63) is 68.4 Å². The van der Waals surface area contributed by atoms with Crippen LogP contribution in [0.2, 0.25) is 10.0 Å². The fraction of sp³-hybridized carbons (Fsp3) is 0.424. The van der Waals surface area contributed by atoms with Gasteiger partial charge in [0.05, 0.1) is 10.0 Å². The van der Waals surface area contributed by atoms with Gasteiger partial charge in [0.2, 0.25) is 20.4 Å². The molecule has 0 saturated carbocycles. The molecule has 0 radical (unpaired) electrons. The van der Waals surface area contributed by atoms with Gasteiger partial charge in [-0.05, 0) is 60.8 Å². The van der Waals surface area contributed by atoms with Gasteiger partial charge in [-0.3, -0.25) is 0 Å². The van der Waals surface area contributed by atoms with E-state index >= 15 is 0 Å². The number of benzene rings is 3. The normalized spacial score (nSPS) is 12.9. The van der Waals surface area contributed by atoms with Gasteiger partial charge in [0.25, 0.3) is 0 Å². The van der Waals surface area contributed by atoms with Crippen LogP contribution in [0.1, 0.15) is 40.0 Å². The average Bonchev–Trinajstić information content (AvgIpc) is 3.95. The number of ether oxygens (including phenoxy) is 7. The SMILES string of the molecule is Brc1ccc2c(c1)OCO2.C.C1CCOC1.COB(OC)OC.Clc1cc(Br)cc2c1OCO2.OB(O)c1cc(Cl)c2c(c1)OCO2.[CH2-]CCC.[Li+]. The first-order valence-electron chi connectivity index (χ1n) is 15.3. The topological polar surface area (TPSA) is 133 Å². The Bertz CT molecular complexity index is 1410. The maximum atomic E-state index is 8.88. The molecule has 1 fully saturated rings. The molecule has 19 heteroatoms. The van der Waals surface area contributed by atoms with Crippen LogP contribution in [-0.4, -0.2) is 79.4 Å². The Hall–Kier alpha value is -1.51. The van der Waals surface area contributed by atoms with Crippen LogP contribution in [0, 0.1) is 6.92 Å². The first-order chi connectivity index (χ1) is 24.1. The zero-order valence-corrected chi connectivity index (χ0v) is 33.9. The molecule has 3 aromatic rings. The van der Waals surface area contributed by atoms with E-state index in [0.717, 1.165) is 40.1 Å². The molecule has 0 unspecified atom stereocenters. The standard InChI is InChI=1S/C7H6BClO4.C7H4BrClO2.C7H5BrO2.C4H8O.C4H9.C3H9BO3.CH4.Li/c9-5-1-4(8(10)11)2-6-7(5)13-3-12-6;8-4-1-5(9)7-6(2-4)10-3-11-7;8-5-1-2-6-7(3-5)10-4-9-6;1-2-4-5-3-1;1-3-4-2;1-5-4(6-2)7-3;;/h1-2,10-11H,3H2;1-2H,3H2;1-3H,4H2;1-4H2;1,3-4H2,2H3;1-3H3;1H4;/q;;;;-1;;;+1. The van der Waals surface area contributed by atoms with Gasteiger partial charge in [0, 0.05) is 43.5 Å². The van der Waals surface area contributed by atoms with E-state index in [9.17, 15) is 0 Å². The van der Waals surface area contributed by atoms with Crippen molar-refractivity contribution < 1.29 is 76.0 Å². The summed E-state index contributed by atoms with van der Waals surface area (Å²) >= 11 is 18.3. The Morgan fingerprint density at radius 3 is 1.63 bits per heavy atom. The second-order valence-corrected chi connectivity index (χ2v) is 12.5. The summed E-state index contributed by atoms with van der Waals surface area (Å²) in [4.78, 5) is 0. The quantitative estimate of drug-likeness (QED) is 0.272. The Morgan fingerprint density at radius 2 is 1.17 bits per heavy atom. The maximum absolute atomic E-state index is 8.88. The van der Waals surface area contributed by atoms with Crippen molar-refractivity contribution in [3.8, 4) is 34.5 Å². The van der Waals surface area contributed by atoms with Crippen molar-refractivity contribution in [2.45, 2.75) is 40.0 Å². The van der Waals surface area contributed by atoms with E-state index in [4.69, 9.17) is 66.4 Å². The van der Waals surface area contributed by atoms with Crippen molar-refractivity contribution in [1.29, 1.82) is 0 Å². The molecule has 4 heterocycles. The molecule has 4 aliphatic heterocycles. The third kappa shape index (κ3) is 18.2. The molecular formula is C33H45B2Br2Cl2LiO12. The van der Waals surface area contributed by atoms with Gasteiger partial charge in [0.15, 0.2) is 34.5 Å². The van der Waals surface area contributed by atoms with Crippen LogP contribution in [0.15, 0.2) is 51.4 Å². The molecule has 0 bridgehead atoms.